The van der Waals surface area contributed by atoms with E-state index in [4.69, 9.17) is 9.84 Å². The van der Waals surface area contributed by atoms with Gasteiger partial charge in [-0.15, -0.1) is 0 Å². The van der Waals surface area contributed by atoms with Crippen molar-refractivity contribution in [2.75, 3.05) is 6.61 Å². The Morgan fingerprint density at radius 3 is 2.89 bits per heavy atom. The van der Waals surface area contributed by atoms with Crippen molar-refractivity contribution in [2.45, 2.75) is 20.3 Å². The molecular weight excluding hydrogens is 230 g/mol. The third-order valence-corrected chi connectivity index (χ3v) is 2.66. The number of aryl methyl sites for hydroxylation is 1. The lowest BCUT2D eigenvalue weighted by Gasteiger charge is -2.10. The molecule has 0 saturated carbocycles. The van der Waals surface area contributed by atoms with Crippen molar-refractivity contribution in [1.82, 2.24) is 4.98 Å². The molecule has 0 aliphatic heterocycles. The first kappa shape index (κ1) is 12.4. The van der Waals surface area contributed by atoms with Gasteiger partial charge in [0.1, 0.15) is 11.3 Å². The van der Waals surface area contributed by atoms with E-state index in [1.165, 1.54) is 0 Å². The highest BCUT2D eigenvalue weighted by atomic mass is 16.5. The summed E-state index contributed by atoms with van der Waals surface area (Å²) in [6.07, 6.45) is -0.00453. The largest absolute Gasteiger partial charge is 0.492 e. The SMILES string of the molecule is CCOc1cccc2c(CC(=O)O)cc(C)nc12. The van der Waals surface area contributed by atoms with Gasteiger partial charge in [0.2, 0.25) is 0 Å². The molecule has 0 amide bonds. The van der Waals surface area contributed by atoms with Crippen LogP contribution in [0.2, 0.25) is 0 Å². The van der Waals surface area contributed by atoms with Gasteiger partial charge in [-0.25, -0.2) is 4.98 Å². The predicted molar refractivity (Wildman–Crippen MR) is 69.0 cm³/mol. The summed E-state index contributed by atoms with van der Waals surface area (Å²) in [5.41, 5.74) is 2.30. The number of carbonyl (C=O) groups is 1. The van der Waals surface area contributed by atoms with Gasteiger partial charge >= 0.3 is 5.97 Å². The molecule has 18 heavy (non-hydrogen) atoms. The first-order valence-electron chi connectivity index (χ1n) is 5.85. The molecule has 4 nitrogen and oxygen atoms in total. The van der Waals surface area contributed by atoms with E-state index in [2.05, 4.69) is 4.98 Å². The second-order valence-electron chi connectivity index (χ2n) is 4.08. The number of rotatable bonds is 4. The molecule has 1 heterocycles. The highest BCUT2D eigenvalue weighted by Gasteiger charge is 2.11. The fraction of sp³-hybridized carbons (Fsp3) is 0.286. The molecule has 1 aromatic heterocycles. The molecule has 0 spiro atoms. The number of aliphatic carboxylic acids is 1. The topological polar surface area (TPSA) is 59.4 Å². The number of pyridine rings is 1. The molecule has 0 unspecified atom stereocenters. The normalized spacial score (nSPS) is 10.6. The number of para-hydroxylation sites is 1. The fourth-order valence-electron chi connectivity index (χ4n) is 2.02. The van der Waals surface area contributed by atoms with Gasteiger partial charge in [-0.3, -0.25) is 4.79 Å². The second-order valence-corrected chi connectivity index (χ2v) is 4.08. The zero-order valence-corrected chi connectivity index (χ0v) is 10.4. The smallest absolute Gasteiger partial charge is 0.307 e. The monoisotopic (exact) mass is 245 g/mol. The van der Waals surface area contributed by atoms with E-state index in [0.717, 1.165) is 22.2 Å². The molecule has 0 fully saturated rings. The van der Waals surface area contributed by atoms with Gasteiger partial charge in [-0.05, 0) is 31.5 Å². The minimum absolute atomic E-state index is 0.00453. The first-order chi connectivity index (χ1) is 8.61. The van der Waals surface area contributed by atoms with Crippen LogP contribution in [0.15, 0.2) is 24.3 Å². The van der Waals surface area contributed by atoms with Gasteiger partial charge in [0.15, 0.2) is 0 Å². The third kappa shape index (κ3) is 2.42. The standard InChI is InChI=1S/C14H15NO3/c1-3-18-12-6-4-5-11-10(8-13(16)17)7-9(2)15-14(11)12/h4-7H,3,8H2,1-2H3,(H,16,17). The molecular formula is C14H15NO3. The first-order valence-corrected chi connectivity index (χ1v) is 5.85. The maximum atomic E-state index is 10.9. The fourth-order valence-corrected chi connectivity index (χ4v) is 2.02. The highest BCUT2D eigenvalue weighted by molar-refractivity contribution is 5.90. The van der Waals surface area contributed by atoms with Crippen LogP contribution in [0.3, 0.4) is 0 Å². The van der Waals surface area contributed by atoms with E-state index in [-0.39, 0.29) is 6.42 Å². The Kier molecular flexibility index (Phi) is 3.46. The Balaban J connectivity index is 2.65. The minimum atomic E-state index is -0.844. The summed E-state index contributed by atoms with van der Waals surface area (Å²) in [4.78, 5) is 15.3. The van der Waals surface area contributed by atoms with E-state index in [9.17, 15) is 4.79 Å². The molecule has 94 valence electrons. The van der Waals surface area contributed by atoms with Crippen LogP contribution in [0.4, 0.5) is 0 Å². The number of ether oxygens (including phenoxy) is 1. The number of aromatic nitrogens is 1. The minimum Gasteiger partial charge on any atom is -0.492 e. The summed E-state index contributed by atoms with van der Waals surface area (Å²) in [7, 11) is 0. The Morgan fingerprint density at radius 2 is 2.22 bits per heavy atom. The molecule has 1 aromatic carbocycles. The van der Waals surface area contributed by atoms with E-state index in [0.29, 0.717) is 12.4 Å². The molecule has 0 bridgehead atoms. The molecule has 1 N–H and O–H groups in total. The maximum Gasteiger partial charge on any atom is 0.307 e. The molecule has 0 radical (unpaired) electrons. The van der Waals surface area contributed by atoms with E-state index in [1.807, 2.05) is 38.1 Å². The van der Waals surface area contributed by atoms with Crippen LogP contribution >= 0.6 is 0 Å². The Morgan fingerprint density at radius 1 is 1.44 bits per heavy atom. The number of benzene rings is 1. The summed E-state index contributed by atoms with van der Waals surface area (Å²) in [5.74, 6) is -0.144. The molecule has 4 heteroatoms. The van der Waals surface area contributed by atoms with Crippen LogP contribution in [-0.4, -0.2) is 22.7 Å². The van der Waals surface area contributed by atoms with Crippen LogP contribution in [0.5, 0.6) is 5.75 Å². The van der Waals surface area contributed by atoms with Crippen molar-refractivity contribution in [2.24, 2.45) is 0 Å². The lowest BCUT2D eigenvalue weighted by atomic mass is 10.0. The molecule has 0 saturated heterocycles. The number of fused-ring (bicyclic) bond motifs is 1. The summed E-state index contributed by atoms with van der Waals surface area (Å²) in [5, 5.41) is 9.78. The number of hydrogen-bond donors (Lipinski definition) is 1. The van der Waals surface area contributed by atoms with Crippen molar-refractivity contribution < 1.29 is 14.6 Å². The Bertz CT molecular complexity index is 593. The average molecular weight is 245 g/mol. The van der Waals surface area contributed by atoms with E-state index >= 15 is 0 Å². The average Bonchev–Trinajstić information content (AvgIpc) is 2.29. The van der Waals surface area contributed by atoms with Gasteiger partial charge in [0.05, 0.1) is 13.0 Å². The predicted octanol–water partition coefficient (Wildman–Crippen LogP) is 2.57. The summed E-state index contributed by atoms with van der Waals surface area (Å²) >= 11 is 0. The Hall–Kier alpha value is -2.10. The third-order valence-electron chi connectivity index (χ3n) is 2.66. The highest BCUT2D eigenvalue weighted by Crippen LogP contribution is 2.27. The molecule has 0 atom stereocenters. The number of hydrogen-bond acceptors (Lipinski definition) is 3. The summed E-state index contributed by atoms with van der Waals surface area (Å²) in [6, 6.07) is 7.40. The summed E-state index contributed by atoms with van der Waals surface area (Å²) < 4.78 is 5.52. The summed E-state index contributed by atoms with van der Waals surface area (Å²) in [6.45, 7) is 4.32. The lowest BCUT2D eigenvalue weighted by molar-refractivity contribution is -0.136. The van der Waals surface area contributed by atoms with Gasteiger partial charge < -0.3 is 9.84 Å². The zero-order chi connectivity index (χ0) is 13.1. The van der Waals surface area contributed by atoms with Crippen LogP contribution in [0.25, 0.3) is 10.9 Å². The molecule has 2 aromatic rings. The van der Waals surface area contributed by atoms with Crippen LogP contribution in [0, 0.1) is 6.92 Å². The lowest BCUT2D eigenvalue weighted by Crippen LogP contribution is -2.03. The number of carboxylic acid groups (broad SMARTS) is 1. The van der Waals surface area contributed by atoms with Crippen LogP contribution in [0.1, 0.15) is 18.2 Å². The van der Waals surface area contributed by atoms with Crippen molar-refractivity contribution in [3.05, 3.63) is 35.5 Å². The number of nitrogens with zero attached hydrogens (tertiary/aromatic N) is 1. The van der Waals surface area contributed by atoms with Gasteiger partial charge in [0, 0.05) is 11.1 Å². The van der Waals surface area contributed by atoms with Gasteiger partial charge in [0.25, 0.3) is 0 Å². The van der Waals surface area contributed by atoms with Crippen molar-refractivity contribution in [3.8, 4) is 5.75 Å². The van der Waals surface area contributed by atoms with Gasteiger partial charge in [-0.1, -0.05) is 12.1 Å². The Labute approximate surface area is 105 Å². The van der Waals surface area contributed by atoms with Crippen molar-refractivity contribution in [1.29, 1.82) is 0 Å². The van der Waals surface area contributed by atoms with Crippen LogP contribution in [-0.2, 0) is 11.2 Å². The molecule has 2 rings (SSSR count). The van der Waals surface area contributed by atoms with E-state index < -0.39 is 5.97 Å². The zero-order valence-electron chi connectivity index (χ0n) is 10.4. The quantitative estimate of drug-likeness (QED) is 0.899. The van der Waals surface area contributed by atoms with Crippen molar-refractivity contribution in [3.63, 3.8) is 0 Å². The maximum absolute atomic E-state index is 10.9. The number of carboxylic acids is 1. The molecule has 0 aliphatic carbocycles. The molecule has 0 aliphatic rings. The second kappa shape index (κ2) is 5.04. The van der Waals surface area contributed by atoms with E-state index in [1.54, 1.807) is 0 Å². The van der Waals surface area contributed by atoms with Crippen molar-refractivity contribution >= 4 is 16.9 Å². The van der Waals surface area contributed by atoms with Crippen LogP contribution < -0.4 is 4.74 Å². The van der Waals surface area contributed by atoms with Gasteiger partial charge in [-0.2, -0.15) is 0 Å².